The minimum atomic E-state index is -0.265. The molecule has 0 saturated carbocycles. The van der Waals surface area contributed by atoms with Gasteiger partial charge in [-0.3, -0.25) is 20.0 Å². The lowest BCUT2D eigenvalue weighted by Gasteiger charge is -2.25. The standard InChI is InChI=1S/C23H30N4O3/c1-3-18-8-4-6-10-20(18)25-23(24-12-13-27-14-16-30-17-15-27)26-22(28)19-9-5-7-11-21(19)29-2/h4-11H,3,12-17H2,1-2H3,(H2,24,25,26,28). The summed E-state index contributed by atoms with van der Waals surface area (Å²) < 4.78 is 10.7. The van der Waals surface area contributed by atoms with Crippen molar-refractivity contribution in [1.82, 2.24) is 10.2 Å². The molecule has 0 radical (unpaired) electrons. The number of nitrogens with zero attached hydrogens (tertiary/aromatic N) is 2. The van der Waals surface area contributed by atoms with Crippen molar-refractivity contribution >= 4 is 17.6 Å². The molecule has 0 aliphatic carbocycles. The first-order valence-electron chi connectivity index (χ1n) is 10.3. The number of guanidine groups is 1. The van der Waals surface area contributed by atoms with Gasteiger partial charge in [0.15, 0.2) is 0 Å². The van der Waals surface area contributed by atoms with Crippen LogP contribution in [0.4, 0.5) is 5.69 Å². The Hall–Kier alpha value is -2.90. The number of carbonyl (C=O) groups is 1. The molecule has 0 bridgehead atoms. The third kappa shape index (κ3) is 6.05. The Kier molecular flexibility index (Phi) is 8.23. The summed E-state index contributed by atoms with van der Waals surface area (Å²) in [7, 11) is 1.55. The van der Waals surface area contributed by atoms with Crippen LogP contribution in [0.1, 0.15) is 22.8 Å². The molecule has 1 heterocycles. The van der Waals surface area contributed by atoms with Gasteiger partial charge >= 0.3 is 0 Å². The summed E-state index contributed by atoms with van der Waals surface area (Å²) in [6.07, 6.45) is 0.880. The lowest BCUT2D eigenvalue weighted by Crippen LogP contribution is -2.39. The number of methoxy groups -OCH3 is 1. The predicted octanol–water partition coefficient (Wildman–Crippen LogP) is 2.79. The van der Waals surface area contributed by atoms with Gasteiger partial charge in [-0.25, -0.2) is 0 Å². The highest BCUT2D eigenvalue weighted by atomic mass is 16.5. The molecule has 2 aromatic rings. The van der Waals surface area contributed by atoms with Crippen LogP contribution in [0, 0.1) is 0 Å². The zero-order chi connectivity index (χ0) is 21.2. The number of morpholine rings is 1. The molecule has 7 heteroatoms. The van der Waals surface area contributed by atoms with E-state index in [0.29, 0.717) is 23.8 Å². The maximum absolute atomic E-state index is 12.9. The van der Waals surface area contributed by atoms with Gasteiger partial charge in [0.25, 0.3) is 5.91 Å². The lowest BCUT2D eigenvalue weighted by atomic mass is 10.1. The highest BCUT2D eigenvalue weighted by Gasteiger charge is 2.15. The van der Waals surface area contributed by atoms with E-state index < -0.39 is 0 Å². The van der Waals surface area contributed by atoms with Crippen LogP contribution in [-0.2, 0) is 11.2 Å². The Bertz CT molecular complexity index is 863. The van der Waals surface area contributed by atoms with Gasteiger partial charge in [-0.05, 0) is 30.2 Å². The normalized spacial score (nSPS) is 14.9. The number of carbonyl (C=O) groups excluding carboxylic acids is 1. The number of aliphatic imine (C=N–C) groups is 1. The molecule has 1 aliphatic heterocycles. The van der Waals surface area contributed by atoms with Crippen molar-refractivity contribution in [3.63, 3.8) is 0 Å². The molecule has 3 rings (SSSR count). The summed E-state index contributed by atoms with van der Waals surface area (Å²) in [6.45, 7) is 6.81. The topological polar surface area (TPSA) is 75.2 Å². The summed E-state index contributed by atoms with van der Waals surface area (Å²) in [6, 6.07) is 15.2. The first-order valence-corrected chi connectivity index (χ1v) is 10.3. The molecule has 1 fully saturated rings. The summed E-state index contributed by atoms with van der Waals surface area (Å²) in [5.41, 5.74) is 2.56. The van der Waals surface area contributed by atoms with Gasteiger partial charge in [-0.2, -0.15) is 0 Å². The Morgan fingerprint density at radius 2 is 1.87 bits per heavy atom. The van der Waals surface area contributed by atoms with Gasteiger partial charge in [-0.15, -0.1) is 0 Å². The van der Waals surface area contributed by atoms with Gasteiger partial charge in [0.05, 0.1) is 32.4 Å². The number of aryl methyl sites for hydroxylation is 1. The molecule has 0 unspecified atom stereocenters. The SMILES string of the molecule is CCc1ccccc1NC(=NCCN1CCOCC1)NC(=O)c1ccccc1OC. The fourth-order valence-electron chi connectivity index (χ4n) is 3.32. The molecule has 7 nitrogen and oxygen atoms in total. The fraction of sp³-hybridized carbons (Fsp3) is 0.391. The van der Waals surface area contributed by atoms with Crippen LogP contribution in [0.25, 0.3) is 0 Å². The number of anilines is 1. The number of hydrogen-bond acceptors (Lipinski definition) is 5. The van der Waals surface area contributed by atoms with Gasteiger partial charge < -0.3 is 14.8 Å². The molecule has 0 atom stereocenters. The maximum atomic E-state index is 12.9. The minimum absolute atomic E-state index is 0.265. The van der Waals surface area contributed by atoms with Crippen LogP contribution >= 0.6 is 0 Å². The Morgan fingerprint density at radius 1 is 1.13 bits per heavy atom. The molecule has 1 aliphatic rings. The molecule has 1 amide bonds. The summed E-state index contributed by atoms with van der Waals surface area (Å²) >= 11 is 0. The average molecular weight is 411 g/mol. The number of para-hydroxylation sites is 2. The van der Waals surface area contributed by atoms with Crippen molar-refractivity contribution in [2.24, 2.45) is 4.99 Å². The highest BCUT2D eigenvalue weighted by molar-refractivity contribution is 6.11. The molecule has 30 heavy (non-hydrogen) atoms. The van der Waals surface area contributed by atoms with Gasteiger partial charge in [0.2, 0.25) is 5.96 Å². The number of rotatable bonds is 7. The summed E-state index contributed by atoms with van der Waals surface area (Å²) in [4.78, 5) is 19.9. The first kappa shape index (κ1) is 21.8. The summed E-state index contributed by atoms with van der Waals surface area (Å²) in [5.74, 6) is 0.691. The van der Waals surface area contributed by atoms with Crippen molar-refractivity contribution in [1.29, 1.82) is 0 Å². The Balaban J connectivity index is 1.75. The van der Waals surface area contributed by atoms with Crippen LogP contribution in [0.5, 0.6) is 5.75 Å². The lowest BCUT2D eigenvalue weighted by molar-refractivity contribution is 0.0394. The molecule has 2 N–H and O–H groups in total. The molecular formula is C23H30N4O3. The quantitative estimate of drug-likeness (QED) is 0.542. The van der Waals surface area contributed by atoms with Crippen molar-refractivity contribution in [3.8, 4) is 5.75 Å². The maximum Gasteiger partial charge on any atom is 0.261 e. The average Bonchev–Trinajstić information content (AvgIpc) is 2.80. The first-order chi connectivity index (χ1) is 14.7. The van der Waals surface area contributed by atoms with Gasteiger partial charge in [-0.1, -0.05) is 37.3 Å². The van der Waals surface area contributed by atoms with Crippen LogP contribution < -0.4 is 15.4 Å². The largest absolute Gasteiger partial charge is 0.496 e. The second-order valence-electron chi connectivity index (χ2n) is 6.97. The van der Waals surface area contributed by atoms with Crippen molar-refractivity contribution in [3.05, 3.63) is 59.7 Å². The third-order valence-corrected chi connectivity index (χ3v) is 5.02. The number of ether oxygens (including phenoxy) is 2. The number of hydrogen-bond donors (Lipinski definition) is 2. The Labute approximate surface area is 178 Å². The van der Waals surface area contributed by atoms with Gasteiger partial charge in [0, 0.05) is 25.3 Å². The monoisotopic (exact) mass is 410 g/mol. The van der Waals surface area contributed by atoms with E-state index in [1.165, 1.54) is 0 Å². The number of benzene rings is 2. The molecular weight excluding hydrogens is 380 g/mol. The van der Waals surface area contributed by atoms with Crippen LogP contribution in [0.2, 0.25) is 0 Å². The second-order valence-corrected chi connectivity index (χ2v) is 6.97. The van der Waals surface area contributed by atoms with Crippen molar-refractivity contribution in [2.75, 3.05) is 51.8 Å². The zero-order valence-electron chi connectivity index (χ0n) is 17.7. The van der Waals surface area contributed by atoms with E-state index in [1.54, 1.807) is 19.2 Å². The van der Waals surface area contributed by atoms with Crippen molar-refractivity contribution in [2.45, 2.75) is 13.3 Å². The molecule has 2 aromatic carbocycles. The van der Waals surface area contributed by atoms with Gasteiger partial charge in [0.1, 0.15) is 5.75 Å². The van der Waals surface area contributed by atoms with E-state index in [4.69, 9.17) is 9.47 Å². The number of amides is 1. The minimum Gasteiger partial charge on any atom is -0.496 e. The zero-order valence-corrected chi connectivity index (χ0v) is 17.7. The molecule has 1 saturated heterocycles. The second kappa shape index (κ2) is 11.3. The highest BCUT2D eigenvalue weighted by Crippen LogP contribution is 2.18. The van der Waals surface area contributed by atoms with Crippen LogP contribution in [0.15, 0.2) is 53.5 Å². The molecule has 160 valence electrons. The van der Waals surface area contributed by atoms with E-state index in [1.807, 2.05) is 30.3 Å². The van der Waals surface area contributed by atoms with E-state index >= 15 is 0 Å². The van der Waals surface area contributed by atoms with E-state index in [9.17, 15) is 4.79 Å². The molecule has 0 aromatic heterocycles. The van der Waals surface area contributed by atoms with Crippen LogP contribution in [-0.4, -0.2) is 63.3 Å². The smallest absolute Gasteiger partial charge is 0.261 e. The molecule has 0 spiro atoms. The van der Waals surface area contributed by atoms with Crippen LogP contribution in [0.3, 0.4) is 0 Å². The van der Waals surface area contributed by atoms with E-state index in [-0.39, 0.29) is 5.91 Å². The third-order valence-electron chi connectivity index (χ3n) is 5.02. The van der Waals surface area contributed by atoms with E-state index in [2.05, 4.69) is 33.5 Å². The summed E-state index contributed by atoms with van der Waals surface area (Å²) in [5, 5.41) is 6.23. The van der Waals surface area contributed by atoms with E-state index in [0.717, 1.165) is 50.5 Å². The predicted molar refractivity (Wildman–Crippen MR) is 119 cm³/mol. The van der Waals surface area contributed by atoms with Crippen molar-refractivity contribution < 1.29 is 14.3 Å². The fourth-order valence-corrected chi connectivity index (χ4v) is 3.32. The Morgan fingerprint density at radius 3 is 2.63 bits per heavy atom. The number of nitrogens with one attached hydrogen (secondary N) is 2.